The minimum Gasteiger partial charge on any atom is -0.353 e. The molecule has 2 aliphatic heterocycles. The van der Waals surface area contributed by atoms with Gasteiger partial charge in [0, 0.05) is 31.9 Å². The molecule has 2 aliphatic rings. The highest BCUT2D eigenvalue weighted by molar-refractivity contribution is 5.89. The number of aromatic nitrogens is 2. The Labute approximate surface area is 136 Å². The molecule has 23 heavy (non-hydrogen) atoms. The smallest absolute Gasteiger partial charge is 0.237 e. The van der Waals surface area contributed by atoms with Gasteiger partial charge in [-0.1, -0.05) is 6.92 Å². The van der Waals surface area contributed by atoms with E-state index in [1.807, 2.05) is 30.4 Å². The summed E-state index contributed by atoms with van der Waals surface area (Å²) < 4.78 is 2.00. The number of nitrogens with zero attached hydrogens (tertiary/aromatic N) is 4. The van der Waals surface area contributed by atoms with Gasteiger partial charge in [0.25, 0.3) is 0 Å². The second kappa shape index (κ2) is 6.31. The fourth-order valence-electron chi connectivity index (χ4n) is 3.49. The largest absolute Gasteiger partial charge is 0.353 e. The second-order valence-electron chi connectivity index (χ2n) is 6.46. The summed E-state index contributed by atoms with van der Waals surface area (Å²) in [5, 5.41) is 7.34. The van der Waals surface area contributed by atoms with Gasteiger partial charge >= 0.3 is 0 Å². The summed E-state index contributed by atoms with van der Waals surface area (Å²) >= 11 is 0. The average Bonchev–Trinajstić information content (AvgIpc) is 2.78. The highest BCUT2D eigenvalue weighted by Crippen LogP contribution is 2.24. The first kappa shape index (κ1) is 16.0. The van der Waals surface area contributed by atoms with E-state index >= 15 is 0 Å². The van der Waals surface area contributed by atoms with Gasteiger partial charge in [0.05, 0.1) is 24.2 Å². The van der Waals surface area contributed by atoms with Gasteiger partial charge in [-0.25, -0.2) is 0 Å². The fourth-order valence-corrected chi connectivity index (χ4v) is 3.49. The first-order valence-electron chi connectivity index (χ1n) is 8.32. The molecule has 7 nitrogen and oxygen atoms in total. The summed E-state index contributed by atoms with van der Waals surface area (Å²) in [5.74, 6) is 0.0327. The number of carbonyl (C=O) groups excluding carboxylic acids is 2. The van der Waals surface area contributed by atoms with Crippen molar-refractivity contribution in [1.29, 1.82) is 0 Å². The molecule has 0 bridgehead atoms. The minimum absolute atomic E-state index is 0.0259. The lowest BCUT2D eigenvalue weighted by Gasteiger charge is -2.41. The number of piperazine rings is 1. The summed E-state index contributed by atoms with van der Waals surface area (Å²) in [6.07, 6.45) is 0.267. The molecule has 1 atom stereocenters. The van der Waals surface area contributed by atoms with Crippen LogP contribution in [0.2, 0.25) is 0 Å². The highest BCUT2D eigenvalue weighted by atomic mass is 16.2. The molecule has 3 heterocycles. The van der Waals surface area contributed by atoms with Crippen molar-refractivity contribution in [1.82, 2.24) is 24.9 Å². The van der Waals surface area contributed by atoms with Gasteiger partial charge in [-0.15, -0.1) is 0 Å². The molecule has 7 heteroatoms. The van der Waals surface area contributed by atoms with E-state index in [0.29, 0.717) is 19.6 Å². The normalized spacial score (nSPS) is 22.8. The molecule has 2 amide bonds. The van der Waals surface area contributed by atoms with Crippen LogP contribution in [0.25, 0.3) is 0 Å². The predicted octanol–water partition coefficient (Wildman–Crippen LogP) is 0.0936. The van der Waals surface area contributed by atoms with Crippen molar-refractivity contribution in [3.8, 4) is 0 Å². The molecule has 1 aromatic rings. The summed E-state index contributed by atoms with van der Waals surface area (Å²) in [5.41, 5.74) is 2.13. The van der Waals surface area contributed by atoms with E-state index in [0.717, 1.165) is 24.5 Å². The monoisotopic (exact) mass is 319 g/mol. The number of aryl methyl sites for hydroxylation is 2. The van der Waals surface area contributed by atoms with E-state index in [9.17, 15) is 9.59 Å². The average molecular weight is 319 g/mol. The Hall–Kier alpha value is -1.89. The van der Waals surface area contributed by atoms with Gasteiger partial charge < -0.3 is 10.2 Å². The number of amides is 2. The third-order valence-corrected chi connectivity index (χ3v) is 4.82. The van der Waals surface area contributed by atoms with E-state index in [1.165, 1.54) is 0 Å². The van der Waals surface area contributed by atoms with Crippen molar-refractivity contribution in [3.05, 3.63) is 17.5 Å². The van der Waals surface area contributed by atoms with Crippen LogP contribution in [0, 0.1) is 13.8 Å². The standard InChI is InChI=1S/C16H25N5O2/c1-4-19-6-5-17-16(23)14(19)8-15(22)20-9-13(10-20)21-12(3)7-11(2)18-21/h7,13-14H,4-6,8-10H2,1-3H3,(H,17,23)/t14-/m1/s1. The summed E-state index contributed by atoms with van der Waals surface area (Å²) in [4.78, 5) is 28.4. The highest BCUT2D eigenvalue weighted by Gasteiger charge is 2.37. The van der Waals surface area contributed by atoms with Crippen LogP contribution >= 0.6 is 0 Å². The zero-order valence-electron chi connectivity index (χ0n) is 14.1. The maximum atomic E-state index is 12.5. The minimum atomic E-state index is -0.325. The van der Waals surface area contributed by atoms with Crippen molar-refractivity contribution >= 4 is 11.8 Å². The molecule has 0 spiro atoms. The van der Waals surface area contributed by atoms with Crippen LogP contribution in [0.5, 0.6) is 0 Å². The first-order chi connectivity index (χ1) is 11.0. The van der Waals surface area contributed by atoms with E-state index < -0.39 is 0 Å². The molecule has 0 unspecified atom stereocenters. The Kier molecular flexibility index (Phi) is 4.39. The van der Waals surface area contributed by atoms with Crippen LogP contribution in [-0.4, -0.2) is 70.2 Å². The van der Waals surface area contributed by atoms with Crippen LogP contribution in [0.3, 0.4) is 0 Å². The van der Waals surface area contributed by atoms with E-state index in [1.54, 1.807) is 0 Å². The molecule has 126 valence electrons. The van der Waals surface area contributed by atoms with Gasteiger partial charge in [0.15, 0.2) is 0 Å². The number of rotatable bonds is 4. The molecule has 3 rings (SSSR count). The number of nitrogens with one attached hydrogen (secondary N) is 1. The number of likely N-dealkylation sites (N-methyl/N-ethyl adjacent to an activating group) is 1. The molecular formula is C16H25N5O2. The van der Waals surface area contributed by atoms with Crippen molar-refractivity contribution in [2.24, 2.45) is 0 Å². The van der Waals surface area contributed by atoms with Gasteiger partial charge in [-0.2, -0.15) is 5.10 Å². The van der Waals surface area contributed by atoms with Gasteiger partial charge in [0.1, 0.15) is 0 Å². The van der Waals surface area contributed by atoms with Crippen LogP contribution in [0.1, 0.15) is 30.8 Å². The lowest BCUT2D eigenvalue weighted by molar-refractivity contribution is -0.143. The number of hydrogen-bond acceptors (Lipinski definition) is 4. The Morgan fingerprint density at radius 3 is 2.74 bits per heavy atom. The van der Waals surface area contributed by atoms with E-state index in [-0.39, 0.29) is 30.3 Å². The van der Waals surface area contributed by atoms with E-state index in [2.05, 4.69) is 21.4 Å². The van der Waals surface area contributed by atoms with Crippen LogP contribution in [-0.2, 0) is 9.59 Å². The van der Waals surface area contributed by atoms with Crippen molar-refractivity contribution < 1.29 is 9.59 Å². The Morgan fingerprint density at radius 1 is 1.39 bits per heavy atom. The third-order valence-electron chi connectivity index (χ3n) is 4.82. The molecule has 0 saturated carbocycles. The molecular weight excluding hydrogens is 294 g/mol. The molecule has 2 fully saturated rings. The lowest BCUT2D eigenvalue weighted by Crippen LogP contribution is -2.58. The summed E-state index contributed by atoms with van der Waals surface area (Å²) in [6.45, 7) is 9.68. The van der Waals surface area contributed by atoms with Gasteiger partial charge in [0.2, 0.25) is 11.8 Å². The third kappa shape index (κ3) is 3.10. The van der Waals surface area contributed by atoms with Gasteiger partial charge in [-0.3, -0.25) is 19.2 Å². The van der Waals surface area contributed by atoms with Crippen molar-refractivity contribution in [3.63, 3.8) is 0 Å². The van der Waals surface area contributed by atoms with Crippen LogP contribution < -0.4 is 5.32 Å². The van der Waals surface area contributed by atoms with Gasteiger partial charge in [-0.05, 0) is 26.5 Å². The number of likely N-dealkylation sites (tertiary alicyclic amines) is 1. The zero-order valence-corrected chi connectivity index (χ0v) is 14.1. The topological polar surface area (TPSA) is 70.5 Å². The maximum Gasteiger partial charge on any atom is 0.237 e. The van der Waals surface area contributed by atoms with Crippen molar-refractivity contribution in [2.75, 3.05) is 32.7 Å². The Bertz CT molecular complexity index is 606. The van der Waals surface area contributed by atoms with Crippen LogP contribution in [0.15, 0.2) is 6.07 Å². The van der Waals surface area contributed by atoms with E-state index in [4.69, 9.17) is 0 Å². The summed E-state index contributed by atoms with van der Waals surface area (Å²) in [6, 6.07) is 1.99. The molecule has 1 N–H and O–H groups in total. The zero-order chi connectivity index (χ0) is 16.6. The second-order valence-corrected chi connectivity index (χ2v) is 6.46. The molecule has 0 aromatic carbocycles. The first-order valence-corrected chi connectivity index (χ1v) is 8.32. The number of hydrogen-bond donors (Lipinski definition) is 1. The fraction of sp³-hybridized carbons (Fsp3) is 0.688. The Morgan fingerprint density at radius 2 is 2.13 bits per heavy atom. The SMILES string of the molecule is CCN1CCNC(=O)[C@H]1CC(=O)N1CC(n2nc(C)cc2C)C1. The molecule has 0 aliphatic carbocycles. The maximum absolute atomic E-state index is 12.5. The summed E-state index contributed by atoms with van der Waals surface area (Å²) in [7, 11) is 0. The number of carbonyl (C=O) groups is 2. The molecule has 1 aromatic heterocycles. The predicted molar refractivity (Wildman–Crippen MR) is 86.0 cm³/mol. The quantitative estimate of drug-likeness (QED) is 0.854. The lowest BCUT2D eigenvalue weighted by atomic mass is 10.0. The molecule has 0 radical (unpaired) electrons. The Balaban J connectivity index is 1.56. The molecule has 2 saturated heterocycles. The van der Waals surface area contributed by atoms with Crippen LogP contribution in [0.4, 0.5) is 0 Å². The van der Waals surface area contributed by atoms with Crippen molar-refractivity contribution in [2.45, 2.75) is 39.3 Å².